The van der Waals surface area contributed by atoms with Gasteiger partial charge < -0.3 is 16.4 Å². The standard InChI is InChI=1S/C11H26N4O/c1-9(2)15(10(3)4)8-7-14-11(16)13-6-5-12/h9-10H,5-8,12H2,1-4H3,(H2,13,14,16). The molecule has 0 aromatic heterocycles. The Kier molecular flexibility index (Phi) is 7.93. The third-order valence-electron chi connectivity index (χ3n) is 2.41. The first-order valence-corrected chi connectivity index (χ1v) is 5.96. The van der Waals surface area contributed by atoms with Crippen LogP contribution in [0.4, 0.5) is 4.79 Å². The SMILES string of the molecule is CC(C)N(CCNC(=O)NCCN)C(C)C. The molecule has 0 aromatic carbocycles. The summed E-state index contributed by atoms with van der Waals surface area (Å²) in [5, 5.41) is 5.48. The van der Waals surface area contributed by atoms with Gasteiger partial charge in [-0.1, -0.05) is 0 Å². The molecule has 0 aliphatic heterocycles. The molecule has 0 unspecified atom stereocenters. The zero-order chi connectivity index (χ0) is 12.6. The highest BCUT2D eigenvalue weighted by molar-refractivity contribution is 5.73. The lowest BCUT2D eigenvalue weighted by Gasteiger charge is -2.30. The number of carbonyl (C=O) groups excluding carboxylic acids is 1. The quantitative estimate of drug-likeness (QED) is 0.591. The Morgan fingerprint density at radius 2 is 1.62 bits per heavy atom. The van der Waals surface area contributed by atoms with E-state index in [9.17, 15) is 4.79 Å². The van der Waals surface area contributed by atoms with E-state index in [4.69, 9.17) is 5.73 Å². The number of hydrogen-bond acceptors (Lipinski definition) is 3. The molecule has 0 fully saturated rings. The minimum Gasteiger partial charge on any atom is -0.337 e. The van der Waals surface area contributed by atoms with Gasteiger partial charge in [0.15, 0.2) is 0 Å². The molecule has 0 radical (unpaired) electrons. The van der Waals surface area contributed by atoms with E-state index in [1.54, 1.807) is 0 Å². The summed E-state index contributed by atoms with van der Waals surface area (Å²) in [5.41, 5.74) is 5.28. The molecule has 96 valence electrons. The van der Waals surface area contributed by atoms with Crippen molar-refractivity contribution in [2.24, 2.45) is 5.73 Å². The van der Waals surface area contributed by atoms with E-state index in [0.29, 0.717) is 31.7 Å². The van der Waals surface area contributed by atoms with Crippen molar-refractivity contribution in [3.05, 3.63) is 0 Å². The van der Waals surface area contributed by atoms with E-state index in [0.717, 1.165) is 6.54 Å². The maximum Gasteiger partial charge on any atom is 0.314 e. The summed E-state index contributed by atoms with van der Waals surface area (Å²) in [6.07, 6.45) is 0. The molecule has 0 aliphatic rings. The first-order valence-electron chi connectivity index (χ1n) is 5.96. The summed E-state index contributed by atoms with van der Waals surface area (Å²) in [6, 6.07) is 0.848. The summed E-state index contributed by atoms with van der Waals surface area (Å²) in [4.78, 5) is 13.6. The van der Waals surface area contributed by atoms with Crippen molar-refractivity contribution in [1.82, 2.24) is 15.5 Å². The summed E-state index contributed by atoms with van der Waals surface area (Å²) in [6.45, 7) is 11.2. The van der Waals surface area contributed by atoms with Crippen molar-refractivity contribution in [3.63, 3.8) is 0 Å². The van der Waals surface area contributed by atoms with Gasteiger partial charge >= 0.3 is 6.03 Å². The van der Waals surface area contributed by atoms with Gasteiger partial charge in [-0.25, -0.2) is 4.79 Å². The van der Waals surface area contributed by atoms with Crippen LogP contribution in [0.15, 0.2) is 0 Å². The van der Waals surface area contributed by atoms with Crippen LogP contribution in [0.2, 0.25) is 0 Å². The van der Waals surface area contributed by atoms with Gasteiger partial charge in [0, 0.05) is 38.3 Å². The van der Waals surface area contributed by atoms with Crippen LogP contribution < -0.4 is 16.4 Å². The van der Waals surface area contributed by atoms with E-state index in [2.05, 4.69) is 43.2 Å². The van der Waals surface area contributed by atoms with Crippen LogP contribution in [0.3, 0.4) is 0 Å². The van der Waals surface area contributed by atoms with Crippen molar-refractivity contribution in [3.8, 4) is 0 Å². The second kappa shape index (κ2) is 8.35. The zero-order valence-corrected chi connectivity index (χ0v) is 10.9. The van der Waals surface area contributed by atoms with Crippen LogP contribution in [-0.4, -0.2) is 49.2 Å². The summed E-state index contributed by atoms with van der Waals surface area (Å²) >= 11 is 0. The van der Waals surface area contributed by atoms with Gasteiger partial charge in [0.2, 0.25) is 0 Å². The van der Waals surface area contributed by atoms with Gasteiger partial charge in [-0.05, 0) is 27.7 Å². The number of nitrogens with zero attached hydrogens (tertiary/aromatic N) is 1. The van der Waals surface area contributed by atoms with E-state index in [1.165, 1.54) is 0 Å². The molecule has 4 N–H and O–H groups in total. The van der Waals surface area contributed by atoms with Crippen LogP contribution in [0.1, 0.15) is 27.7 Å². The highest BCUT2D eigenvalue weighted by atomic mass is 16.2. The molecular formula is C11H26N4O. The maximum absolute atomic E-state index is 11.2. The largest absolute Gasteiger partial charge is 0.337 e. The minimum absolute atomic E-state index is 0.141. The topological polar surface area (TPSA) is 70.4 Å². The molecule has 0 spiro atoms. The molecule has 2 amide bonds. The molecule has 16 heavy (non-hydrogen) atoms. The Morgan fingerprint density at radius 1 is 1.12 bits per heavy atom. The van der Waals surface area contributed by atoms with Crippen molar-refractivity contribution in [1.29, 1.82) is 0 Å². The Balaban J connectivity index is 3.73. The van der Waals surface area contributed by atoms with Crippen LogP contribution in [0, 0.1) is 0 Å². The Hall–Kier alpha value is -0.810. The van der Waals surface area contributed by atoms with E-state index >= 15 is 0 Å². The van der Waals surface area contributed by atoms with E-state index in [1.807, 2.05) is 0 Å². The molecule has 0 aliphatic carbocycles. The number of rotatable bonds is 7. The normalized spacial score (nSPS) is 11.2. The number of carbonyl (C=O) groups is 1. The summed E-state index contributed by atoms with van der Waals surface area (Å²) in [7, 11) is 0. The van der Waals surface area contributed by atoms with E-state index in [-0.39, 0.29) is 6.03 Å². The van der Waals surface area contributed by atoms with Gasteiger partial charge in [-0.3, -0.25) is 4.90 Å². The lowest BCUT2D eigenvalue weighted by molar-refractivity contribution is 0.175. The zero-order valence-electron chi connectivity index (χ0n) is 10.9. The number of amides is 2. The predicted octanol–water partition coefficient (Wildman–Crippen LogP) is 0.363. The molecule has 0 heterocycles. The molecule has 0 rings (SSSR count). The summed E-state index contributed by atoms with van der Waals surface area (Å²) < 4.78 is 0. The Labute approximate surface area is 98.7 Å². The first-order chi connectivity index (χ1) is 7.49. The second-order valence-corrected chi connectivity index (χ2v) is 4.40. The van der Waals surface area contributed by atoms with Gasteiger partial charge in [0.1, 0.15) is 0 Å². The molecule has 0 saturated heterocycles. The van der Waals surface area contributed by atoms with Crippen LogP contribution in [-0.2, 0) is 0 Å². The molecule has 0 bridgehead atoms. The summed E-state index contributed by atoms with van der Waals surface area (Å²) in [5.74, 6) is 0. The molecule has 0 atom stereocenters. The van der Waals surface area contributed by atoms with Crippen molar-refractivity contribution in [2.45, 2.75) is 39.8 Å². The number of urea groups is 1. The van der Waals surface area contributed by atoms with Crippen LogP contribution >= 0.6 is 0 Å². The molecule has 0 saturated carbocycles. The average Bonchev–Trinajstić information content (AvgIpc) is 2.20. The van der Waals surface area contributed by atoms with Gasteiger partial charge in [0.25, 0.3) is 0 Å². The third-order valence-corrected chi connectivity index (χ3v) is 2.41. The molecule has 5 nitrogen and oxygen atoms in total. The van der Waals surface area contributed by atoms with E-state index < -0.39 is 0 Å². The minimum atomic E-state index is -0.141. The highest BCUT2D eigenvalue weighted by Crippen LogP contribution is 2.02. The number of nitrogens with two attached hydrogens (primary N) is 1. The van der Waals surface area contributed by atoms with Crippen molar-refractivity contribution in [2.75, 3.05) is 26.2 Å². The Morgan fingerprint density at radius 3 is 2.06 bits per heavy atom. The lowest BCUT2D eigenvalue weighted by atomic mass is 10.2. The third kappa shape index (κ3) is 6.63. The number of nitrogens with one attached hydrogen (secondary N) is 2. The molecular weight excluding hydrogens is 204 g/mol. The average molecular weight is 230 g/mol. The molecule has 5 heteroatoms. The fraction of sp³-hybridized carbons (Fsp3) is 0.909. The number of hydrogen-bond donors (Lipinski definition) is 3. The van der Waals surface area contributed by atoms with Gasteiger partial charge in [0.05, 0.1) is 0 Å². The smallest absolute Gasteiger partial charge is 0.314 e. The molecule has 0 aromatic rings. The van der Waals surface area contributed by atoms with Crippen molar-refractivity contribution < 1.29 is 4.79 Å². The fourth-order valence-electron chi connectivity index (χ4n) is 1.66. The highest BCUT2D eigenvalue weighted by Gasteiger charge is 2.12. The first kappa shape index (κ1) is 15.2. The van der Waals surface area contributed by atoms with Gasteiger partial charge in [-0.2, -0.15) is 0 Å². The fourth-order valence-corrected chi connectivity index (χ4v) is 1.66. The predicted molar refractivity (Wildman–Crippen MR) is 67.4 cm³/mol. The monoisotopic (exact) mass is 230 g/mol. The van der Waals surface area contributed by atoms with Gasteiger partial charge in [-0.15, -0.1) is 0 Å². The van der Waals surface area contributed by atoms with Crippen molar-refractivity contribution >= 4 is 6.03 Å². The Bertz CT molecular complexity index is 186. The lowest BCUT2D eigenvalue weighted by Crippen LogP contribution is -2.45. The van der Waals surface area contributed by atoms with Crippen LogP contribution in [0.5, 0.6) is 0 Å². The van der Waals surface area contributed by atoms with Crippen LogP contribution in [0.25, 0.3) is 0 Å². The maximum atomic E-state index is 11.2. The second-order valence-electron chi connectivity index (χ2n) is 4.40.